The standard InChI is InChI=1S/C13H13N4/c1-7-5-9-3-4-11-12(10(9)6-15-7)17-13(16-11)8(2)14/h3-6,8,14-15H,1-2H3/t8-/m1/s1. The van der Waals surface area contributed by atoms with Crippen LogP contribution in [0.25, 0.3) is 21.8 Å². The summed E-state index contributed by atoms with van der Waals surface area (Å²) in [6.45, 7) is 3.81. The number of imidazole rings is 1. The molecule has 0 aliphatic carbocycles. The van der Waals surface area contributed by atoms with Crippen molar-refractivity contribution >= 4 is 21.8 Å². The number of hydrogen-bond acceptors (Lipinski definition) is 2. The Hall–Kier alpha value is -1.94. The van der Waals surface area contributed by atoms with Gasteiger partial charge in [-0.1, -0.05) is 6.07 Å². The van der Waals surface area contributed by atoms with E-state index in [1.807, 2.05) is 25.3 Å². The first-order valence-electron chi connectivity index (χ1n) is 5.61. The molecule has 2 N–H and O–H groups in total. The summed E-state index contributed by atoms with van der Waals surface area (Å²) in [4.78, 5) is 12.0. The van der Waals surface area contributed by atoms with Crippen LogP contribution in [0.4, 0.5) is 0 Å². The van der Waals surface area contributed by atoms with E-state index in [0.29, 0.717) is 5.82 Å². The zero-order valence-electron chi connectivity index (χ0n) is 9.78. The molecule has 3 rings (SSSR count). The SMILES string of the molecule is Cc1cc2ccc3nc([C@@H](C)[NH])nc3c2c[nH]1. The fourth-order valence-corrected chi connectivity index (χ4v) is 2.01. The number of aryl methyl sites for hydroxylation is 1. The lowest BCUT2D eigenvalue weighted by molar-refractivity contribution is 0.735. The third-order valence-corrected chi connectivity index (χ3v) is 2.89. The lowest BCUT2D eigenvalue weighted by Gasteiger charge is -2.00. The van der Waals surface area contributed by atoms with E-state index < -0.39 is 0 Å². The van der Waals surface area contributed by atoms with Gasteiger partial charge in [0.05, 0.1) is 11.6 Å². The molecule has 0 saturated carbocycles. The normalized spacial score (nSPS) is 13.4. The van der Waals surface area contributed by atoms with Crippen LogP contribution in [0.2, 0.25) is 0 Å². The zero-order valence-corrected chi connectivity index (χ0v) is 9.78. The number of hydrogen-bond donors (Lipinski definition) is 1. The van der Waals surface area contributed by atoms with E-state index in [-0.39, 0.29) is 6.04 Å². The molecule has 2 aromatic heterocycles. The number of aromatic amines is 1. The summed E-state index contributed by atoms with van der Waals surface area (Å²) in [7, 11) is 0. The summed E-state index contributed by atoms with van der Waals surface area (Å²) < 4.78 is 0. The molecule has 4 heteroatoms. The fraction of sp³-hybridized carbons (Fsp3) is 0.231. The van der Waals surface area contributed by atoms with Crippen molar-refractivity contribution in [3.63, 3.8) is 0 Å². The van der Waals surface area contributed by atoms with Crippen LogP contribution in [0.1, 0.15) is 24.5 Å². The molecule has 0 fully saturated rings. The number of pyridine rings is 1. The van der Waals surface area contributed by atoms with Crippen molar-refractivity contribution in [1.29, 1.82) is 0 Å². The van der Waals surface area contributed by atoms with E-state index in [2.05, 4.69) is 21.0 Å². The molecular weight excluding hydrogens is 212 g/mol. The maximum absolute atomic E-state index is 7.66. The van der Waals surface area contributed by atoms with Crippen molar-refractivity contribution in [2.45, 2.75) is 19.9 Å². The van der Waals surface area contributed by atoms with E-state index in [1.165, 1.54) is 0 Å². The topological polar surface area (TPSA) is 65.4 Å². The first-order valence-corrected chi connectivity index (χ1v) is 5.61. The summed E-state index contributed by atoms with van der Waals surface area (Å²) in [6.07, 6.45) is 1.96. The van der Waals surface area contributed by atoms with Crippen LogP contribution in [0.15, 0.2) is 24.4 Å². The predicted octanol–water partition coefficient (Wildman–Crippen LogP) is 2.76. The Balaban J connectivity index is 2.38. The Morgan fingerprint density at radius 2 is 2.12 bits per heavy atom. The molecule has 2 heterocycles. The monoisotopic (exact) mass is 225 g/mol. The van der Waals surface area contributed by atoms with E-state index in [1.54, 1.807) is 6.92 Å². The van der Waals surface area contributed by atoms with Gasteiger partial charge in [-0.05, 0) is 31.4 Å². The molecule has 0 bridgehead atoms. The molecule has 0 spiro atoms. The Bertz CT molecular complexity index is 697. The summed E-state index contributed by atoms with van der Waals surface area (Å²) in [6, 6.07) is 5.72. The summed E-state index contributed by atoms with van der Waals surface area (Å²) in [5.74, 6) is 0.591. The minimum absolute atomic E-state index is 0.383. The van der Waals surface area contributed by atoms with Gasteiger partial charge in [-0.15, -0.1) is 0 Å². The second-order valence-electron chi connectivity index (χ2n) is 4.36. The maximum Gasteiger partial charge on any atom is 0.147 e. The first-order chi connectivity index (χ1) is 8.15. The molecule has 0 saturated heterocycles. The van der Waals surface area contributed by atoms with Crippen molar-refractivity contribution in [2.24, 2.45) is 0 Å². The second kappa shape index (κ2) is 3.53. The van der Waals surface area contributed by atoms with Crippen molar-refractivity contribution in [3.05, 3.63) is 35.9 Å². The zero-order chi connectivity index (χ0) is 12.0. The van der Waals surface area contributed by atoms with Crippen molar-refractivity contribution in [1.82, 2.24) is 20.7 Å². The molecule has 0 aliphatic rings. The highest BCUT2D eigenvalue weighted by atomic mass is 15.0. The average molecular weight is 225 g/mol. The number of benzene rings is 1. The highest BCUT2D eigenvalue weighted by Gasteiger charge is 2.11. The Morgan fingerprint density at radius 3 is 2.88 bits per heavy atom. The molecule has 0 unspecified atom stereocenters. The molecule has 0 amide bonds. The Kier molecular flexibility index (Phi) is 2.12. The van der Waals surface area contributed by atoms with Crippen molar-refractivity contribution in [2.75, 3.05) is 0 Å². The van der Waals surface area contributed by atoms with Gasteiger partial charge in [-0.3, -0.25) is 0 Å². The number of aromatic nitrogens is 3. The number of H-pyrrole nitrogens is 1. The van der Waals surface area contributed by atoms with Gasteiger partial charge in [0.25, 0.3) is 0 Å². The van der Waals surface area contributed by atoms with Gasteiger partial charge in [0.2, 0.25) is 0 Å². The van der Waals surface area contributed by atoms with Crippen molar-refractivity contribution < 1.29 is 0 Å². The molecule has 85 valence electrons. The number of rotatable bonds is 1. The van der Waals surface area contributed by atoms with E-state index in [4.69, 9.17) is 5.73 Å². The molecule has 0 aliphatic heterocycles. The van der Waals surface area contributed by atoms with Crippen LogP contribution in [0.3, 0.4) is 0 Å². The molecule has 1 aromatic carbocycles. The number of fused-ring (bicyclic) bond motifs is 3. The van der Waals surface area contributed by atoms with Gasteiger partial charge >= 0.3 is 0 Å². The molecule has 3 aromatic rings. The van der Waals surface area contributed by atoms with Gasteiger partial charge < -0.3 is 4.98 Å². The van der Waals surface area contributed by atoms with Gasteiger partial charge in [0.15, 0.2) is 0 Å². The average Bonchev–Trinajstić information content (AvgIpc) is 2.72. The van der Waals surface area contributed by atoms with Crippen LogP contribution in [0, 0.1) is 6.92 Å². The molecule has 4 nitrogen and oxygen atoms in total. The lowest BCUT2D eigenvalue weighted by atomic mass is 10.1. The fourth-order valence-electron chi connectivity index (χ4n) is 2.01. The van der Waals surface area contributed by atoms with E-state index >= 15 is 0 Å². The lowest BCUT2D eigenvalue weighted by Crippen LogP contribution is -1.94. The Morgan fingerprint density at radius 1 is 1.29 bits per heavy atom. The first kappa shape index (κ1) is 10.2. The van der Waals surface area contributed by atoms with Crippen LogP contribution < -0.4 is 5.73 Å². The Labute approximate surface area is 98.9 Å². The van der Waals surface area contributed by atoms with Gasteiger partial charge in [-0.2, -0.15) is 0 Å². The smallest absolute Gasteiger partial charge is 0.147 e. The van der Waals surface area contributed by atoms with Gasteiger partial charge in [-0.25, -0.2) is 15.7 Å². The van der Waals surface area contributed by atoms with Gasteiger partial charge in [0.1, 0.15) is 11.3 Å². The molecular formula is C13H13N4. The summed E-state index contributed by atoms with van der Waals surface area (Å²) >= 11 is 0. The highest BCUT2D eigenvalue weighted by Crippen LogP contribution is 2.24. The van der Waals surface area contributed by atoms with Crippen LogP contribution in [-0.4, -0.2) is 15.0 Å². The minimum atomic E-state index is -0.383. The third kappa shape index (κ3) is 1.57. The predicted molar refractivity (Wildman–Crippen MR) is 67.6 cm³/mol. The molecule has 1 radical (unpaired) electrons. The highest BCUT2D eigenvalue weighted by molar-refractivity contribution is 6.03. The summed E-state index contributed by atoms with van der Waals surface area (Å²) in [5.41, 5.74) is 10.5. The number of nitrogens with zero attached hydrogens (tertiary/aromatic N) is 2. The van der Waals surface area contributed by atoms with Crippen LogP contribution in [0.5, 0.6) is 0 Å². The number of nitrogens with one attached hydrogen (secondary N) is 2. The van der Waals surface area contributed by atoms with Crippen LogP contribution in [-0.2, 0) is 0 Å². The maximum atomic E-state index is 7.66. The third-order valence-electron chi connectivity index (χ3n) is 2.89. The molecule has 1 atom stereocenters. The van der Waals surface area contributed by atoms with Gasteiger partial charge in [0, 0.05) is 17.3 Å². The minimum Gasteiger partial charge on any atom is -0.365 e. The quantitative estimate of drug-likeness (QED) is 0.692. The van der Waals surface area contributed by atoms with Crippen LogP contribution >= 0.6 is 0 Å². The second-order valence-corrected chi connectivity index (χ2v) is 4.36. The van der Waals surface area contributed by atoms with Crippen molar-refractivity contribution in [3.8, 4) is 0 Å². The summed E-state index contributed by atoms with van der Waals surface area (Å²) in [5, 5.41) is 2.21. The molecule has 17 heavy (non-hydrogen) atoms. The largest absolute Gasteiger partial charge is 0.365 e. The van der Waals surface area contributed by atoms with E-state index in [0.717, 1.165) is 27.5 Å². The van der Waals surface area contributed by atoms with E-state index in [9.17, 15) is 0 Å².